The van der Waals surface area contributed by atoms with Crippen LogP contribution in [0.15, 0.2) is 97.3 Å². The third kappa shape index (κ3) is 6.15. The van der Waals surface area contributed by atoms with Crippen LogP contribution < -0.4 is 9.47 Å². The zero-order chi connectivity index (χ0) is 32.6. The van der Waals surface area contributed by atoms with E-state index in [1.54, 1.807) is 84.2 Å². The number of hydrogen-bond acceptors (Lipinski definition) is 4. The quantitative estimate of drug-likeness (QED) is 0.157. The van der Waals surface area contributed by atoms with Crippen molar-refractivity contribution >= 4 is 10.8 Å². The Morgan fingerprint density at radius 3 is 1.33 bits per heavy atom. The van der Waals surface area contributed by atoms with Gasteiger partial charge in [-0.1, -0.05) is 24.3 Å². The summed E-state index contributed by atoms with van der Waals surface area (Å²) >= 11 is 0. The first-order chi connectivity index (χ1) is 21.9. The minimum atomic E-state index is -4.52. The SMILES string of the molecule is Cn1cccc1-c1cc(C(F)(F)F)ccc1COc1nnc(OCc2ccc(C(F)(F)F)cc2-c2cccn2C)c2ccccc12. The Morgan fingerprint density at radius 2 is 0.978 bits per heavy atom. The third-order valence-electron chi connectivity index (χ3n) is 7.66. The molecule has 0 radical (unpaired) electrons. The fourth-order valence-electron chi connectivity index (χ4n) is 5.28. The number of alkyl halides is 6. The minimum absolute atomic E-state index is 0.0941. The lowest BCUT2D eigenvalue weighted by atomic mass is 10.0. The molecule has 236 valence electrons. The van der Waals surface area contributed by atoms with Crippen molar-refractivity contribution in [1.29, 1.82) is 0 Å². The van der Waals surface area contributed by atoms with Crippen molar-refractivity contribution in [3.63, 3.8) is 0 Å². The van der Waals surface area contributed by atoms with Gasteiger partial charge in [0.15, 0.2) is 0 Å². The smallest absolute Gasteiger partial charge is 0.416 e. The van der Waals surface area contributed by atoms with Crippen LogP contribution in [0.2, 0.25) is 0 Å². The summed E-state index contributed by atoms with van der Waals surface area (Å²) in [5.74, 6) is 0.277. The molecule has 0 atom stereocenters. The molecule has 0 amide bonds. The van der Waals surface area contributed by atoms with Gasteiger partial charge >= 0.3 is 12.4 Å². The highest BCUT2D eigenvalue weighted by Crippen LogP contribution is 2.37. The summed E-state index contributed by atoms with van der Waals surface area (Å²) in [6.07, 6.45) is -5.55. The summed E-state index contributed by atoms with van der Waals surface area (Å²) in [4.78, 5) is 0. The summed E-state index contributed by atoms with van der Waals surface area (Å²) in [6.45, 7) is -0.188. The van der Waals surface area contributed by atoms with E-state index in [0.717, 1.165) is 24.3 Å². The van der Waals surface area contributed by atoms with E-state index < -0.39 is 23.5 Å². The molecule has 3 heterocycles. The number of halogens is 6. The Kier molecular flexibility index (Phi) is 7.97. The average molecular weight is 637 g/mol. The highest BCUT2D eigenvalue weighted by molar-refractivity contribution is 5.90. The molecule has 46 heavy (non-hydrogen) atoms. The van der Waals surface area contributed by atoms with Crippen molar-refractivity contribution in [2.45, 2.75) is 25.6 Å². The minimum Gasteiger partial charge on any atom is -0.471 e. The Morgan fingerprint density at radius 1 is 0.565 bits per heavy atom. The second kappa shape index (κ2) is 11.9. The van der Waals surface area contributed by atoms with Crippen molar-refractivity contribution in [2.24, 2.45) is 14.1 Å². The number of nitrogens with zero attached hydrogens (tertiary/aromatic N) is 4. The monoisotopic (exact) mass is 636 g/mol. The number of fused-ring (bicyclic) bond motifs is 1. The molecule has 0 aliphatic carbocycles. The van der Waals surface area contributed by atoms with E-state index in [9.17, 15) is 26.3 Å². The van der Waals surface area contributed by atoms with E-state index in [2.05, 4.69) is 10.2 Å². The number of aromatic nitrogens is 4. The molecule has 6 nitrogen and oxygen atoms in total. The number of aryl methyl sites for hydroxylation is 2. The zero-order valence-corrected chi connectivity index (χ0v) is 24.5. The molecule has 3 aromatic carbocycles. The van der Waals surface area contributed by atoms with Crippen LogP contribution >= 0.6 is 0 Å². The highest BCUT2D eigenvalue weighted by Gasteiger charge is 2.32. The van der Waals surface area contributed by atoms with Crippen LogP contribution in [0.4, 0.5) is 26.3 Å². The topological polar surface area (TPSA) is 54.1 Å². The van der Waals surface area contributed by atoms with Crippen molar-refractivity contribution in [1.82, 2.24) is 19.3 Å². The number of rotatable bonds is 8. The van der Waals surface area contributed by atoms with Gasteiger partial charge in [-0.3, -0.25) is 0 Å². The first kappa shape index (κ1) is 30.8. The molecule has 0 aliphatic rings. The first-order valence-corrected chi connectivity index (χ1v) is 14.0. The van der Waals surface area contributed by atoms with Crippen molar-refractivity contribution in [2.75, 3.05) is 0 Å². The fraction of sp³-hybridized carbons (Fsp3) is 0.176. The van der Waals surface area contributed by atoms with Gasteiger partial charge in [-0.15, -0.1) is 10.2 Å². The molecule has 6 aromatic rings. The Bertz CT molecular complexity index is 1880. The normalized spacial score (nSPS) is 12.1. The molecule has 0 bridgehead atoms. The van der Waals surface area contributed by atoms with Crippen LogP contribution in [-0.2, 0) is 39.7 Å². The molecule has 0 saturated heterocycles. The molecule has 0 fully saturated rings. The molecule has 6 rings (SSSR count). The maximum absolute atomic E-state index is 13.5. The van der Waals surface area contributed by atoms with Crippen LogP contribution in [0.25, 0.3) is 33.3 Å². The lowest BCUT2D eigenvalue weighted by Crippen LogP contribution is -2.09. The van der Waals surface area contributed by atoms with Crippen molar-refractivity contribution in [3.05, 3.63) is 120 Å². The van der Waals surface area contributed by atoms with Gasteiger partial charge in [0.25, 0.3) is 0 Å². The summed E-state index contributed by atoms with van der Waals surface area (Å²) < 4.78 is 96.7. The lowest BCUT2D eigenvalue weighted by Gasteiger charge is -2.17. The molecule has 0 saturated carbocycles. The molecular weight excluding hydrogens is 610 g/mol. The zero-order valence-electron chi connectivity index (χ0n) is 24.5. The number of hydrogen-bond donors (Lipinski definition) is 0. The molecule has 0 unspecified atom stereocenters. The Labute approximate surface area is 259 Å². The van der Waals surface area contributed by atoms with Gasteiger partial charge in [-0.05, 0) is 71.8 Å². The van der Waals surface area contributed by atoms with Gasteiger partial charge < -0.3 is 18.6 Å². The molecule has 3 aromatic heterocycles. The molecule has 0 spiro atoms. The van der Waals surface area contributed by atoms with Gasteiger partial charge in [-0.25, -0.2) is 0 Å². The lowest BCUT2D eigenvalue weighted by molar-refractivity contribution is -0.138. The van der Waals surface area contributed by atoms with Gasteiger partial charge in [-0.2, -0.15) is 26.3 Å². The van der Waals surface area contributed by atoms with Gasteiger partial charge in [0.05, 0.1) is 21.9 Å². The summed E-state index contributed by atoms with van der Waals surface area (Å²) in [7, 11) is 3.48. The van der Waals surface area contributed by atoms with Gasteiger partial charge in [0.2, 0.25) is 11.8 Å². The van der Waals surface area contributed by atoms with E-state index >= 15 is 0 Å². The standard InChI is InChI=1S/C34H26F6N4O2/c1-43-15-5-9-29(43)27-17-23(33(35,36)37)13-11-21(27)19-45-31-25-7-3-4-8-26(25)32(42-41-31)46-20-22-12-14-24(34(38,39)40)18-28(22)30-10-6-16-44(30)2/h3-18H,19-20H2,1-2H3. The van der Waals surface area contributed by atoms with E-state index in [0.29, 0.717) is 44.4 Å². The third-order valence-corrected chi connectivity index (χ3v) is 7.66. The average Bonchev–Trinajstić information content (AvgIpc) is 3.65. The summed E-state index contributed by atoms with van der Waals surface area (Å²) in [5.41, 5.74) is 1.37. The largest absolute Gasteiger partial charge is 0.471 e. The van der Waals surface area contributed by atoms with Crippen molar-refractivity contribution < 1.29 is 35.8 Å². The maximum Gasteiger partial charge on any atom is 0.416 e. The second-order valence-corrected chi connectivity index (χ2v) is 10.7. The molecular formula is C34H26F6N4O2. The summed E-state index contributed by atoms with van der Waals surface area (Å²) in [6, 6.07) is 20.9. The van der Waals surface area contributed by atoms with Crippen LogP contribution in [0.3, 0.4) is 0 Å². The maximum atomic E-state index is 13.5. The van der Waals surface area contributed by atoms with E-state index in [1.807, 2.05) is 0 Å². The second-order valence-electron chi connectivity index (χ2n) is 10.7. The highest BCUT2D eigenvalue weighted by atomic mass is 19.4. The van der Waals surface area contributed by atoms with E-state index in [-0.39, 0.29) is 25.0 Å². The molecule has 12 heteroatoms. The number of ether oxygens (including phenoxy) is 2. The van der Waals surface area contributed by atoms with E-state index in [4.69, 9.17) is 9.47 Å². The van der Waals surface area contributed by atoms with Crippen LogP contribution in [0.5, 0.6) is 11.8 Å². The van der Waals surface area contributed by atoms with Crippen LogP contribution in [0.1, 0.15) is 22.3 Å². The predicted octanol–water partition coefficient (Wildman–Crippen LogP) is 8.84. The summed E-state index contributed by atoms with van der Waals surface area (Å²) in [5, 5.41) is 9.47. The Balaban J connectivity index is 1.29. The molecule has 0 aliphatic heterocycles. The van der Waals surface area contributed by atoms with Gasteiger partial charge in [0, 0.05) is 49.0 Å². The first-order valence-electron chi connectivity index (χ1n) is 14.0. The van der Waals surface area contributed by atoms with Gasteiger partial charge in [0.1, 0.15) is 13.2 Å². The van der Waals surface area contributed by atoms with Crippen LogP contribution in [0, 0.1) is 0 Å². The molecule has 0 N–H and O–H groups in total. The van der Waals surface area contributed by atoms with E-state index in [1.165, 1.54) is 12.1 Å². The fourth-order valence-corrected chi connectivity index (χ4v) is 5.28. The predicted molar refractivity (Wildman–Crippen MR) is 160 cm³/mol. The van der Waals surface area contributed by atoms with Crippen LogP contribution in [-0.4, -0.2) is 19.3 Å². The Hall–Kier alpha value is -5.26. The van der Waals surface area contributed by atoms with Crippen molar-refractivity contribution in [3.8, 4) is 34.3 Å². The number of benzene rings is 3.